The van der Waals surface area contributed by atoms with Crippen molar-refractivity contribution in [3.8, 4) is 0 Å². The minimum Gasteiger partial charge on any atom is -0.480 e. The zero-order valence-electron chi connectivity index (χ0n) is 62.9. The first kappa shape index (κ1) is 84.3. The average molecular weight is 1590 g/mol. The number of aryl methyl sites for hydroxylation is 2. The molecule has 2 unspecified atom stereocenters. The van der Waals surface area contributed by atoms with Gasteiger partial charge in [-0.1, -0.05) is 42.4 Å². The number of carbonyl (C=O) groups excluding carboxylic acids is 9. The highest BCUT2D eigenvalue weighted by molar-refractivity contribution is 8.76. The van der Waals surface area contributed by atoms with Crippen LogP contribution >= 0.6 is 21.6 Å². The lowest BCUT2D eigenvalue weighted by atomic mass is 9.84. The maximum atomic E-state index is 14.6. The van der Waals surface area contributed by atoms with Crippen molar-refractivity contribution in [3.63, 3.8) is 0 Å². The number of ether oxygens (including phenoxy) is 1. The number of ketones is 2. The number of hydrogen-bond donors (Lipinski definition) is 14. The average Bonchev–Trinajstić information content (AvgIpc) is 1.56. The molecule has 35 nitrogen and oxygen atoms in total. The summed E-state index contributed by atoms with van der Waals surface area (Å²) in [5, 5.41) is 38.3. The minimum absolute atomic E-state index is 0.00682. The topological polar surface area (TPSA) is 531 Å². The van der Waals surface area contributed by atoms with Crippen LogP contribution in [0.2, 0.25) is 0 Å². The quantitative estimate of drug-likeness (QED) is 0.00494. The molecule has 1 aliphatic carbocycles. The lowest BCUT2D eigenvalue weighted by Crippen LogP contribution is -2.54. The number of methoxy groups -OCH3 is 1. The number of nitrogens with zero attached hydrogens (tertiary/aromatic N) is 6. The molecule has 9 rings (SSSR count). The van der Waals surface area contributed by atoms with E-state index in [1.54, 1.807) is 0 Å². The van der Waals surface area contributed by atoms with Gasteiger partial charge in [0.1, 0.15) is 24.0 Å². The van der Waals surface area contributed by atoms with E-state index in [9.17, 15) is 76.2 Å². The standard InChI is InChI=1S/C73H91N17O18S3/c1-11-42-34(2)45-29-50-57(38(6)91)36(4)47(82-50)27-46-35(3)43(61(84-46)59-60(72(104)108-10)64(95)58-37(5)48(85-62(58)59)28-49(42)81-45)18-20-54(92)75-22-12-13-53(90(7,8)9)68(98)77-23-25-109-110-33-52(71(102)103)87-67(97)51(30-56(94)76-24-26-111(105,106)107)83-55(93)21-19-44(70(100)101)86-66(96)39-14-16-40(17-15-39)78-31-41-32-79-65-63(80-41)69(99)89-73(74)88-65/h14-17,27-29,32,34-35,42-44,51-53,60H,11-13,18-26,30-31,33H2,1-10H3,(H14-,74,75,76,77,78,79,80,81,82,83,84,85,86,87,88,89,91,92,93,94,95,96,97,98,99,100,101,102,103,105,106,107)/p+1/t34-,35+,42-,43+,44+,51+,52+,53?,60?/m1/s1. The first-order chi connectivity index (χ1) is 52.5. The number of rotatable bonds is 36. The highest BCUT2D eigenvalue weighted by Gasteiger charge is 2.46. The number of quaternary nitrogens is 1. The number of carboxylic acid groups (broad SMARTS) is 2. The van der Waals surface area contributed by atoms with E-state index in [0.717, 1.165) is 28.6 Å². The monoisotopic (exact) mass is 1590 g/mol. The molecular weight excluding hydrogens is 1500 g/mol. The van der Waals surface area contributed by atoms with Crippen molar-refractivity contribution in [2.75, 3.05) is 76.2 Å². The molecule has 594 valence electrons. The van der Waals surface area contributed by atoms with E-state index in [4.69, 9.17) is 25.0 Å². The molecule has 0 fully saturated rings. The largest absolute Gasteiger partial charge is 0.480 e. The number of benzene rings is 1. The Morgan fingerprint density at radius 3 is 2.05 bits per heavy atom. The highest BCUT2D eigenvalue weighted by atomic mass is 33.1. The number of amides is 6. The molecule has 8 bridgehead atoms. The number of carbonyl (C=O) groups is 11. The summed E-state index contributed by atoms with van der Waals surface area (Å²) in [5.41, 5.74) is 13.6. The molecule has 1 aromatic carbocycles. The Morgan fingerprint density at radius 1 is 0.721 bits per heavy atom. The molecule has 7 heterocycles. The van der Waals surface area contributed by atoms with E-state index in [1.807, 2.05) is 60.1 Å². The van der Waals surface area contributed by atoms with Gasteiger partial charge in [0, 0.05) is 130 Å². The number of esters is 1. The zero-order chi connectivity index (χ0) is 81.1. The SMILES string of the molecule is CC[C@H]1c2cc3[nH]c4c(c3C)C(=O)C(C(=O)OC)c4c3nc(cc4[nH]c(cc(n2)[C@@H]1C)c(C(C)=O)c4C)[C@@H](C)[C@@H]3CCC(=O)NCCCC(C(=O)NCCSSC[C@H](NC(=O)[C@H](CC(=O)NCCS(=O)(=O)O)NC(=O)CC[C@H](NC(=O)c1ccc(NCc2cnc3nc(N)[nH]c(=O)c3n2)cc1)C(=O)O)C(=O)O)[N+](C)(C)C. The highest BCUT2D eigenvalue weighted by Crippen LogP contribution is 2.48. The molecular formula is C73H92N17O18S3+. The van der Waals surface area contributed by atoms with Crippen molar-refractivity contribution < 1.29 is 85.1 Å². The molecule has 0 radical (unpaired) electrons. The number of anilines is 2. The number of aliphatic carboxylic acids is 2. The molecule has 3 aliphatic rings. The number of carboxylic acids is 2. The van der Waals surface area contributed by atoms with E-state index in [-0.39, 0.29) is 106 Å². The normalized spacial score (nSPS) is 17.0. The van der Waals surface area contributed by atoms with Gasteiger partial charge in [-0.05, 0) is 100 Å². The summed E-state index contributed by atoms with van der Waals surface area (Å²) in [6.07, 6.45) is 1.16. The van der Waals surface area contributed by atoms with Gasteiger partial charge in [-0.15, -0.1) is 0 Å². The number of H-pyrrole nitrogens is 3. The Hall–Kier alpha value is -10.7. The molecule has 38 heteroatoms. The number of nitrogen functional groups attached to an aromatic ring is 1. The number of Topliss-reactive ketones (excluding diaryl/α,β-unsaturated/α-hetero) is 2. The van der Waals surface area contributed by atoms with E-state index >= 15 is 0 Å². The van der Waals surface area contributed by atoms with E-state index in [2.05, 4.69) is 81.0 Å². The molecule has 111 heavy (non-hydrogen) atoms. The molecule has 0 saturated carbocycles. The summed E-state index contributed by atoms with van der Waals surface area (Å²) in [7, 11) is 4.44. The van der Waals surface area contributed by atoms with Crippen molar-refractivity contribution in [1.82, 2.24) is 71.8 Å². The van der Waals surface area contributed by atoms with Crippen molar-refractivity contribution in [2.24, 2.45) is 0 Å². The van der Waals surface area contributed by atoms with E-state index in [0.29, 0.717) is 85.5 Å². The summed E-state index contributed by atoms with van der Waals surface area (Å²) in [6.45, 7) is 11.2. The number of fused-ring (bicyclic) bond motifs is 9. The fourth-order valence-electron chi connectivity index (χ4n) is 13.9. The van der Waals surface area contributed by atoms with Crippen molar-refractivity contribution >= 4 is 141 Å². The second-order valence-electron chi connectivity index (χ2n) is 28.4. The Balaban J connectivity index is 0.766. The van der Waals surface area contributed by atoms with E-state index in [1.165, 1.54) is 55.3 Å². The maximum Gasteiger partial charge on any atom is 0.327 e. The van der Waals surface area contributed by atoms with Crippen LogP contribution in [0.25, 0.3) is 33.2 Å². The Morgan fingerprint density at radius 2 is 1.39 bits per heavy atom. The summed E-state index contributed by atoms with van der Waals surface area (Å²) in [4.78, 5) is 192. The van der Waals surface area contributed by atoms with Gasteiger partial charge in [-0.25, -0.2) is 19.6 Å². The second kappa shape index (κ2) is 36.4. The molecule has 15 N–H and O–H groups in total. The summed E-state index contributed by atoms with van der Waals surface area (Å²) >= 11 is 0. The predicted octanol–water partition coefficient (Wildman–Crippen LogP) is 4.35. The lowest BCUT2D eigenvalue weighted by Gasteiger charge is -2.33. The first-order valence-corrected chi connectivity index (χ1v) is 40.0. The third kappa shape index (κ3) is 20.9. The first-order valence-electron chi connectivity index (χ1n) is 35.9. The van der Waals surface area contributed by atoms with Crippen LogP contribution in [0.1, 0.15) is 185 Å². The predicted molar refractivity (Wildman–Crippen MR) is 413 cm³/mol. The number of aromatic amines is 3. The lowest BCUT2D eigenvalue weighted by molar-refractivity contribution is -0.886. The number of nitrogens with two attached hydrogens (primary N) is 1. The minimum atomic E-state index is -4.54. The van der Waals surface area contributed by atoms with Crippen LogP contribution in [0.4, 0.5) is 11.6 Å². The van der Waals surface area contributed by atoms with Gasteiger partial charge in [0.15, 0.2) is 28.8 Å². The molecule has 6 amide bonds. The van der Waals surface area contributed by atoms with Crippen LogP contribution < -0.4 is 48.5 Å². The van der Waals surface area contributed by atoms with Crippen molar-refractivity contribution in [3.05, 3.63) is 121 Å². The van der Waals surface area contributed by atoms with Gasteiger partial charge < -0.3 is 72.4 Å². The van der Waals surface area contributed by atoms with E-state index < -0.39 is 131 Å². The van der Waals surface area contributed by atoms with Crippen LogP contribution in [0.3, 0.4) is 0 Å². The molecule has 0 spiro atoms. The Labute approximate surface area is 645 Å². The van der Waals surface area contributed by atoms with Crippen LogP contribution in [0.5, 0.6) is 0 Å². The molecule has 0 saturated heterocycles. The maximum absolute atomic E-state index is 14.6. The molecule has 6 aromatic rings. The molecule has 2 aliphatic heterocycles. The number of aromatic nitrogens is 8. The van der Waals surface area contributed by atoms with Gasteiger partial charge in [0.25, 0.3) is 27.5 Å². The fraction of sp³-hybridized carbons (Fsp3) is 0.466. The van der Waals surface area contributed by atoms with Gasteiger partial charge in [0.05, 0.1) is 75.6 Å². The molecule has 5 aromatic heterocycles. The summed E-state index contributed by atoms with van der Waals surface area (Å²) in [5.74, 6) is -12.1. The van der Waals surface area contributed by atoms with Crippen molar-refractivity contribution in [1.29, 1.82) is 0 Å². The third-order valence-corrected chi connectivity index (χ3v) is 23.0. The van der Waals surface area contributed by atoms with Crippen LogP contribution in [-0.4, -0.2) is 222 Å². The summed E-state index contributed by atoms with van der Waals surface area (Å²) < 4.78 is 37.3. The Bertz CT molecular complexity index is 5000. The Kier molecular flexibility index (Phi) is 27.7. The second-order valence-corrected chi connectivity index (χ2v) is 32.6. The van der Waals surface area contributed by atoms with Crippen LogP contribution in [0.15, 0.2) is 53.5 Å². The smallest absolute Gasteiger partial charge is 0.327 e. The third-order valence-electron chi connectivity index (χ3n) is 19.8. The van der Waals surface area contributed by atoms with Gasteiger partial charge in [-0.3, -0.25) is 67.5 Å². The number of nitrogens with one attached hydrogen (secondary N) is 10. The fourth-order valence-corrected chi connectivity index (χ4v) is 16.3. The number of hydrogen-bond acceptors (Lipinski definition) is 24. The number of likely N-dealkylation sites (N-methyl/N-ethyl adjacent to an activating group) is 1. The summed E-state index contributed by atoms with van der Waals surface area (Å²) in [6, 6.07) is 5.90. The van der Waals surface area contributed by atoms with Crippen LogP contribution in [0, 0.1) is 13.8 Å². The van der Waals surface area contributed by atoms with Gasteiger partial charge >= 0.3 is 17.9 Å². The van der Waals surface area contributed by atoms with Gasteiger partial charge in [-0.2, -0.15) is 13.4 Å². The van der Waals surface area contributed by atoms with Crippen molar-refractivity contribution in [2.45, 2.75) is 153 Å². The zero-order valence-corrected chi connectivity index (χ0v) is 65.3. The van der Waals surface area contributed by atoms with Crippen LogP contribution in [-0.2, 0) is 59.8 Å². The van der Waals surface area contributed by atoms with Gasteiger partial charge in [0.2, 0.25) is 29.6 Å². The molecule has 9 atom stereocenters.